The molecule has 2 heterocycles. The number of aliphatic hydroxyl groups is 4. The molecule has 2 aromatic carbocycles. The van der Waals surface area contributed by atoms with Gasteiger partial charge in [-0.05, 0) is 104 Å². The van der Waals surface area contributed by atoms with Crippen molar-refractivity contribution >= 4 is 17.8 Å². The van der Waals surface area contributed by atoms with Crippen LogP contribution in [0.1, 0.15) is 115 Å². The highest BCUT2D eigenvalue weighted by Gasteiger charge is 2.70. The molecule has 15 nitrogen and oxygen atoms in total. The summed E-state index contributed by atoms with van der Waals surface area (Å²) in [6, 6.07) is 16.0. The highest BCUT2D eigenvalue weighted by molar-refractivity contribution is 5.89. The first-order valence-electron chi connectivity index (χ1n) is 25.2. The third kappa shape index (κ3) is 10.1. The number of hydrogen-bond acceptors (Lipinski definition) is 14. The molecule has 9 unspecified atom stereocenters. The van der Waals surface area contributed by atoms with Crippen molar-refractivity contribution in [2.45, 2.75) is 167 Å². The van der Waals surface area contributed by atoms with Gasteiger partial charge in [0.25, 0.3) is 0 Å². The number of esters is 1. The summed E-state index contributed by atoms with van der Waals surface area (Å²) >= 11 is 0. The number of methoxy groups -OCH3 is 1. The van der Waals surface area contributed by atoms with Crippen LogP contribution < -0.4 is 10.1 Å². The van der Waals surface area contributed by atoms with Crippen LogP contribution in [0.4, 0.5) is 4.79 Å². The van der Waals surface area contributed by atoms with E-state index < -0.39 is 84.1 Å². The second kappa shape index (κ2) is 21.0. The minimum Gasteiger partial charge on any atom is -0.497 e. The number of ketones is 1. The Morgan fingerprint density at radius 3 is 2.28 bits per heavy atom. The quantitative estimate of drug-likeness (QED) is 0.0935. The number of alkyl carbamates (subject to hydrolysis) is 1. The van der Waals surface area contributed by atoms with E-state index >= 15 is 0 Å². The molecule has 1 amide bonds. The Morgan fingerprint density at radius 2 is 1.57 bits per heavy atom. The van der Waals surface area contributed by atoms with Gasteiger partial charge in [-0.25, -0.2) is 9.59 Å². The molecule has 69 heavy (non-hydrogen) atoms. The summed E-state index contributed by atoms with van der Waals surface area (Å²) in [5.41, 5.74) is 0.133. The molecule has 17 atom stereocenters. The van der Waals surface area contributed by atoms with Gasteiger partial charge >= 0.3 is 12.1 Å². The topological polar surface area (TPSA) is 209 Å². The Hall–Kier alpha value is -3.93. The van der Waals surface area contributed by atoms with Crippen molar-refractivity contribution in [2.75, 3.05) is 20.3 Å². The number of carbonyl (C=O) groups excluding carboxylic acids is 3. The van der Waals surface area contributed by atoms with Gasteiger partial charge in [-0.15, -0.1) is 0 Å². The third-order valence-corrected chi connectivity index (χ3v) is 17.3. The fourth-order valence-electron chi connectivity index (χ4n) is 13.1. The number of amides is 1. The van der Waals surface area contributed by atoms with Gasteiger partial charge < -0.3 is 58.9 Å². The molecule has 0 radical (unpaired) electrons. The standard InChI is InChI=1S/C54H75NO14/c1-30(2)13-20-41(56)32(4)54(62)44(67-49-31(3)46(43(58)29-64-49)69-50-47(45(59)42(57)28-65-50)68-48(60)34-14-17-36(63-7)18-15-34)26-40-38-19-16-35-25-37(66-51(61)55-27-33-11-9-8-10-12-33)21-23-52(35,5)39(38)22-24-53(40,54)6/h8-12,14-18,30-32,37-40,42-47,49-50,57-59,62H,13,19-29H2,1-7H3,(H,55,61)/t31?,32-,37+,38-,39?,40+,42?,43?,44+,45?,46?,47?,49?,50?,52+,53+,54-/m1/s1. The van der Waals surface area contributed by atoms with Gasteiger partial charge in [0.1, 0.15) is 41.5 Å². The third-order valence-electron chi connectivity index (χ3n) is 17.3. The van der Waals surface area contributed by atoms with Crippen LogP contribution in [0.25, 0.3) is 0 Å². The maximum atomic E-state index is 14.2. The van der Waals surface area contributed by atoms with Gasteiger partial charge in [0.15, 0.2) is 18.7 Å². The molecular weight excluding hydrogens is 887 g/mol. The largest absolute Gasteiger partial charge is 0.497 e. The summed E-state index contributed by atoms with van der Waals surface area (Å²) < 4.78 is 42.4. The average molecular weight is 962 g/mol. The highest BCUT2D eigenvalue weighted by Crippen LogP contribution is 2.69. The fourth-order valence-corrected chi connectivity index (χ4v) is 13.1. The summed E-state index contributed by atoms with van der Waals surface area (Å²) in [5, 5.41) is 49.5. The average Bonchev–Trinajstić information content (AvgIpc) is 3.57. The Bertz CT molecular complexity index is 2140. The maximum Gasteiger partial charge on any atom is 0.407 e. The molecule has 2 saturated heterocycles. The van der Waals surface area contributed by atoms with Crippen LogP contribution in [-0.4, -0.2) is 120 Å². The summed E-state index contributed by atoms with van der Waals surface area (Å²) in [4.78, 5) is 40.5. The predicted octanol–water partition coefficient (Wildman–Crippen LogP) is 6.66. The molecule has 6 aliphatic rings. The number of carbonyl (C=O) groups is 3. The van der Waals surface area contributed by atoms with Gasteiger partial charge in [0.05, 0.1) is 38.1 Å². The van der Waals surface area contributed by atoms with E-state index in [0.29, 0.717) is 56.2 Å². The first-order valence-corrected chi connectivity index (χ1v) is 25.2. The van der Waals surface area contributed by atoms with Crippen LogP contribution in [0, 0.1) is 46.3 Å². The zero-order valence-corrected chi connectivity index (χ0v) is 41.3. The highest BCUT2D eigenvalue weighted by atomic mass is 16.7. The molecule has 15 heteroatoms. The van der Waals surface area contributed by atoms with Gasteiger partial charge in [-0.2, -0.15) is 0 Å². The number of nitrogens with one attached hydrogen (secondary N) is 1. The Kier molecular flexibility index (Phi) is 15.7. The van der Waals surface area contributed by atoms with E-state index in [9.17, 15) is 34.8 Å². The minimum atomic E-state index is -1.57. The van der Waals surface area contributed by atoms with Crippen LogP contribution >= 0.6 is 0 Å². The SMILES string of the molecule is COc1ccc(C(=O)OC2C(OC3C(O)COC(O[C@H]4C[C@H]5[C@@H]6CC=C7C[C@@H](OC(=O)NCc8ccccc8)CC[C@]7(C)C6CC[C@]5(C)[C@@]4(O)[C@H](C)C(=O)CCC(C)C)C3C)OCC(O)C2O)cc1. The lowest BCUT2D eigenvalue weighted by Crippen LogP contribution is -2.62. The van der Waals surface area contributed by atoms with Crippen LogP contribution in [0.2, 0.25) is 0 Å². The monoisotopic (exact) mass is 962 g/mol. The van der Waals surface area contributed by atoms with Crippen molar-refractivity contribution in [3.8, 4) is 5.75 Å². The molecule has 380 valence electrons. The Balaban J connectivity index is 0.999. The van der Waals surface area contributed by atoms with Gasteiger partial charge in [0, 0.05) is 36.6 Å². The number of aliphatic hydroxyl groups excluding tert-OH is 3. The predicted molar refractivity (Wildman–Crippen MR) is 252 cm³/mol. The molecular formula is C54H75NO14. The van der Waals surface area contributed by atoms with E-state index in [1.165, 1.54) is 24.8 Å². The number of Topliss-reactive ketones (excluding diaryl/α,β-unsaturated/α-hetero) is 1. The van der Waals surface area contributed by atoms with Crippen molar-refractivity contribution < 1.29 is 68.0 Å². The molecule has 4 aliphatic carbocycles. The second-order valence-corrected chi connectivity index (χ2v) is 21.7. The minimum absolute atomic E-state index is 0.000181. The summed E-state index contributed by atoms with van der Waals surface area (Å²) in [6.07, 6.45) is -1.89. The zero-order valence-electron chi connectivity index (χ0n) is 41.3. The van der Waals surface area contributed by atoms with Gasteiger partial charge in [0.2, 0.25) is 0 Å². The van der Waals surface area contributed by atoms with Crippen LogP contribution in [0.5, 0.6) is 5.75 Å². The van der Waals surface area contributed by atoms with E-state index in [-0.39, 0.29) is 47.9 Å². The first-order chi connectivity index (χ1) is 32.9. The van der Waals surface area contributed by atoms with Crippen LogP contribution in [-0.2, 0) is 39.8 Å². The number of rotatable bonds is 15. The lowest BCUT2D eigenvalue weighted by molar-refractivity contribution is -0.333. The van der Waals surface area contributed by atoms with E-state index in [1.54, 1.807) is 19.1 Å². The summed E-state index contributed by atoms with van der Waals surface area (Å²) in [5.74, 6) is -0.875. The summed E-state index contributed by atoms with van der Waals surface area (Å²) in [6.45, 7) is 12.2. The van der Waals surface area contributed by atoms with Crippen molar-refractivity contribution in [1.29, 1.82) is 0 Å². The maximum absolute atomic E-state index is 14.2. The molecule has 0 aromatic heterocycles. The van der Waals surface area contributed by atoms with Crippen molar-refractivity contribution in [1.82, 2.24) is 5.32 Å². The Morgan fingerprint density at radius 1 is 0.855 bits per heavy atom. The molecule has 5 N–H and O–H groups in total. The molecule has 8 rings (SSSR count). The molecule has 2 aromatic rings. The van der Waals surface area contributed by atoms with E-state index in [2.05, 4.69) is 39.1 Å². The molecule has 0 spiro atoms. The van der Waals surface area contributed by atoms with E-state index in [1.807, 2.05) is 37.3 Å². The first kappa shape index (κ1) is 51.4. The number of hydrogen-bond donors (Lipinski definition) is 5. The normalized spacial score (nSPS) is 39.0. The summed E-state index contributed by atoms with van der Waals surface area (Å²) in [7, 11) is 1.50. The molecule has 5 fully saturated rings. The Labute approximate surface area is 406 Å². The van der Waals surface area contributed by atoms with Gasteiger partial charge in [-0.1, -0.05) is 83.5 Å². The molecule has 2 aliphatic heterocycles. The van der Waals surface area contributed by atoms with E-state index in [4.69, 9.17) is 33.2 Å². The lowest BCUT2D eigenvalue weighted by atomic mass is 9.46. The van der Waals surface area contributed by atoms with Gasteiger partial charge in [-0.3, -0.25) is 4.79 Å². The van der Waals surface area contributed by atoms with Crippen LogP contribution in [0.15, 0.2) is 66.2 Å². The number of benzene rings is 2. The fraction of sp³-hybridized carbons (Fsp3) is 0.685. The molecule has 3 saturated carbocycles. The number of allylic oxidation sites excluding steroid dienone is 1. The molecule has 0 bridgehead atoms. The number of fused-ring (bicyclic) bond motifs is 5. The van der Waals surface area contributed by atoms with E-state index in [0.717, 1.165) is 31.2 Å². The second-order valence-electron chi connectivity index (χ2n) is 21.7. The lowest BCUT2D eigenvalue weighted by Gasteiger charge is -2.59. The van der Waals surface area contributed by atoms with Crippen LogP contribution in [0.3, 0.4) is 0 Å². The number of ether oxygens (including phenoxy) is 7. The van der Waals surface area contributed by atoms with Crippen molar-refractivity contribution in [3.05, 3.63) is 77.4 Å². The van der Waals surface area contributed by atoms with Crippen molar-refractivity contribution in [2.24, 2.45) is 46.3 Å². The zero-order chi connectivity index (χ0) is 49.4. The van der Waals surface area contributed by atoms with Crippen molar-refractivity contribution in [3.63, 3.8) is 0 Å². The smallest absolute Gasteiger partial charge is 0.407 e.